The van der Waals surface area contributed by atoms with E-state index in [1.165, 1.54) is 28.5 Å². The van der Waals surface area contributed by atoms with Crippen molar-refractivity contribution in [1.29, 1.82) is 0 Å². The molecule has 40 heavy (non-hydrogen) atoms. The van der Waals surface area contributed by atoms with Crippen molar-refractivity contribution in [3.8, 4) is 11.1 Å². The number of aryl methyl sites for hydroxylation is 1. The molecule has 3 heterocycles. The van der Waals surface area contributed by atoms with E-state index < -0.39 is 34.9 Å². The lowest BCUT2D eigenvalue weighted by Gasteiger charge is -2.41. The molecule has 2 aliphatic rings. The van der Waals surface area contributed by atoms with Gasteiger partial charge in [-0.15, -0.1) is 11.8 Å². The average molecular weight is 579 g/mol. The van der Waals surface area contributed by atoms with Crippen molar-refractivity contribution in [2.75, 3.05) is 30.3 Å². The minimum Gasteiger partial charge on any atom is -0.444 e. The molecule has 0 bridgehead atoms. The number of aromatic nitrogens is 2. The molecule has 1 unspecified atom stereocenters. The van der Waals surface area contributed by atoms with E-state index in [9.17, 15) is 27.2 Å². The highest BCUT2D eigenvalue weighted by Crippen LogP contribution is 2.48. The number of rotatable bonds is 2. The topological polar surface area (TPSA) is 67.7 Å². The lowest BCUT2D eigenvalue weighted by Crippen LogP contribution is -2.55. The highest BCUT2D eigenvalue weighted by molar-refractivity contribution is 7.99. The van der Waals surface area contributed by atoms with Crippen molar-refractivity contribution in [2.24, 2.45) is 0 Å². The highest BCUT2D eigenvalue weighted by Gasteiger charge is 2.39. The Morgan fingerprint density at radius 2 is 1.80 bits per heavy atom. The van der Waals surface area contributed by atoms with Gasteiger partial charge in [0.1, 0.15) is 17.2 Å². The van der Waals surface area contributed by atoms with Crippen LogP contribution in [0.5, 0.6) is 0 Å². The van der Waals surface area contributed by atoms with Gasteiger partial charge in [0.25, 0.3) is 0 Å². The van der Waals surface area contributed by atoms with Crippen molar-refractivity contribution < 1.29 is 27.1 Å². The minimum absolute atomic E-state index is 0.0695. The minimum atomic E-state index is -4.72. The molecule has 2 aliphatic heterocycles. The van der Waals surface area contributed by atoms with Crippen LogP contribution < -0.4 is 10.6 Å². The van der Waals surface area contributed by atoms with E-state index >= 15 is 0 Å². The molecule has 214 valence electrons. The van der Waals surface area contributed by atoms with E-state index in [0.717, 1.165) is 18.2 Å². The first-order chi connectivity index (χ1) is 18.7. The Hall–Kier alpha value is -3.28. The number of halogens is 4. The van der Waals surface area contributed by atoms with Crippen molar-refractivity contribution >= 4 is 34.6 Å². The van der Waals surface area contributed by atoms with E-state index in [1.54, 1.807) is 30.6 Å². The summed E-state index contributed by atoms with van der Waals surface area (Å²) in [5.74, 6) is 0.110. The molecule has 12 heteroatoms. The fourth-order valence-corrected chi connectivity index (χ4v) is 6.45. The average Bonchev–Trinajstić information content (AvgIpc) is 3.09. The monoisotopic (exact) mass is 578 g/mol. The Morgan fingerprint density at radius 1 is 1.10 bits per heavy atom. The molecule has 1 atom stereocenters. The van der Waals surface area contributed by atoms with Crippen LogP contribution in [0.3, 0.4) is 0 Å². The number of ether oxygens (including phenoxy) is 1. The maximum absolute atomic E-state index is 14.6. The summed E-state index contributed by atoms with van der Waals surface area (Å²) in [7, 11) is 0. The van der Waals surface area contributed by atoms with Crippen molar-refractivity contribution in [2.45, 2.75) is 63.4 Å². The molecule has 1 amide bonds. The number of amides is 1. The van der Waals surface area contributed by atoms with Crippen LogP contribution in [0, 0.1) is 5.82 Å². The number of thioether (sulfide) groups is 1. The van der Waals surface area contributed by atoms with Crippen LogP contribution in [-0.4, -0.2) is 57.6 Å². The van der Waals surface area contributed by atoms with E-state index in [1.807, 2.05) is 6.92 Å². The fourth-order valence-electron chi connectivity index (χ4n) is 5.25. The number of piperazine rings is 1. The lowest BCUT2D eigenvalue weighted by atomic mass is 9.96. The molecule has 0 aliphatic carbocycles. The number of hydrogen-bond acceptors (Lipinski definition) is 6. The highest BCUT2D eigenvalue weighted by atomic mass is 32.2. The van der Waals surface area contributed by atoms with Crippen molar-refractivity contribution in [1.82, 2.24) is 14.5 Å². The lowest BCUT2D eigenvalue weighted by molar-refractivity contribution is -0.137. The van der Waals surface area contributed by atoms with Crippen LogP contribution in [0.25, 0.3) is 22.0 Å². The number of alkyl halides is 3. The summed E-state index contributed by atoms with van der Waals surface area (Å²) in [6.07, 6.45) is -4.62. The summed E-state index contributed by atoms with van der Waals surface area (Å²) in [4.78, 5) is 34.0. The van der Waals surface area contributed by atoms with E-state index in [0.29, 0.717) is 29.1 Å². The first kappa shape index (κ1) is 28.3. The number of benzene rings is 2. The number of hydrogen-bond donors (Lipinski definition) is 0. The van der Waals surface area contributed by atoms with Gasteiger partial charge in [-0.25, -0.2) is 14.0 Å². The number of carbonyl (C=O) groups excluding carboxylic acids is 1. The van der Waals surface area contributed by atoms with E-state index in [2.05, 4.69) is 4.98 Å². The molecule has 2 aromatic carbocycles. The summed E-state index contributed by atoms with van der Waals surface area (Å²) in [5, 5.41) is 0.222. The Labute approximate surface area is 233 Å². The SMILES string of the molecule is CC1CN(C(=O)OC(C)(C)C)CCN1c1nc(=O)n2c3c(c(-c4ccc(F)cc4)c(C(F)(F)F)cc13)SCCC2. The van der Waals surface area contributed by atoms with Crippen LogP contribution in [-0.2, 0) is 17.5 Å². The second-order valence-corrected chi connectivity index (χ2v) is 12.2. The molecule has 0 saturated carbocycles. The second kappa shape index (κ2) is 10.3. The maximum atomic E-state index is 14.6. The molecule has 0 radical (unpaired) electrons. The van der Waals surface area contributed by atoms with Crippen LogP contribution in [0.2, 0.25) is 0 Å². The Bertz CT molecular complexity index is 1520. The van der Waals surface area contributed by atoms with Gasteiger partial charge in [-0.2, -0.15) is 18.2 Å². The first-order valence-corrected chi connectivity index (χ1v) is 14.0. The number of nitrogens with zero attached hydrogens (tertiary/aromatic N) is 4. The van der Waals surface area contributed by atoms with Gasteiger partial charge < -0.3 is 14.5 Å². The van der Waals surface area contributed by atoms with Gasteiger partial charge in [0.15, 0.2) is 0 Å². The van der Waals surface area contributed by atoms with Gasteiger partial charge in [-0.05, 0) is 63.6 Å². The summed E-state index contributed by atoms with van der Waals surface area (Å²) in [6.45, 7) is 8.24. The van der Waals surface area contributed by atoms with Gasteiger partial charge in [-0.3, -0.25) is 4.57 Å². The van der Waals surface area contributed by atoms with Crippen LogP contribution in [0.1, 0.15) is 39.7 Å². The molecular weight excluding hydrogens is 548 g/mol. The zero-order valence-electron chi connectivity index (χ0n) is 22.6. The molecule has 3 aromatic rings. The van der Waals surface area contributed by atoms with E-state index in [-0.39, 0.29) is 48.0 Å². The molecule has 0 N–H and O–H groups in total. The molecule has 7 nitrogen and oxygen atoms in total. The number of anilines is 1. The van der Waals surface area contributed by atoms with Crippen LogP contribution in [0.15, 0.2) is 40.0 Å². The predicted octanol–water partition coefficient (Wildman–Crippen LogP) is 6.16. The molecule has 1 fully saturated rings. The normalized spacial score (nSPS) is 18.1. The zero-order chi connectivity index (χ0) is 29.0. The van der Waals surface area contributed by atoms with Gasteiger partial charge in [0, 0.05) is 48.1 Å². The molecule has 1 saturated heterocycles. The Balaban J connectivity index is 1.69. The van der Waals surface area contributed by atoms with Gasteiger partial charge in [-0.1, -0.05) is 12.1 Å². The van der Waals surface area contributed by atoms with Crippen LogP contribution in [0.4, 0.5) is 28.2 Å². The van der Waals surface area contributed by atoms with Crippen molar-refractivity contribution in [3.63, 3.8) is 0 Å². The smallest absolute Gasteiger partial charge is 0.417 e. The molecule has 1 aromatic heterocycles. The standard InChI is InChI=1S/C28H30F4N4O3S/c1-16-15-34(26(38)39-27(2,3)4)11-12-35(16)24-19-14-20(28(30,31)32)21(17-6-8-18(29)9-7-17)23-22(19)36(25(37)33-24)10-5-13-40-23/h6-9,14,16H,5,10-13,15H2,1-4H3. The number of carbonyl (C=O) groups is 1. The third-order valence-corrected chi connectivity index (χ3v) is 8.14. The molecule has 5 rings (SSSR count). The fraction of sp³-hybridized carbons (Fsp3) is 0.464. The summed E-state index contributed by atoms with van der Waals surface area (Å²) >= 11 is 1.26. The van der Waals surface area contributed by atoms with Crippen LogP contribution >= 0.6 is 11.8 Å². The summed E-state index contributed by atoms with van der Waals surface area (Å²) in [5.41, 5.74) is -1.54. The molecule has 0 spiro atoms. The molecular formula is C28H30F4N4O3S. The summed E-state index contributed by atoms with van der Waals surface area (Å²) in [6, 6.07) is 5.63. The summed E-state index contributed by atoms with van der Waals surface area (Å²) < 4.78 is 64.6. The first-order valence-electron chi connectivity index (χ1n) is 13.1. The van der Waals surface area contributed by atoms with E-state index in [4.69, 9.17) is 4.74 Å². The third kappa shape index (κ3) is 5.37. The largest absolute Gasteiger partial charge is 0.444 e. The Morgan fingerprint density at radius 3 is 2.42 bits per heavy atom. The zero-order valence-corrected chi connectivity index (χ0v) is 23.5. The predicted molar refractivity (Wildman–Crippen MR) is 146 cm³/mol. The maximum Gasteiger partial charge on any atom is 0.417 e. The second-order valence-electron chi connectivity index (χ2n) is 11.1. The third-order valence-electron chi connectivity index (χ3n) is 6.96. The van der Waals surface area contributed by atoms with Gasteiger partial charge in [0.2, 0.25) is 0 Å². The van der Waals surface area contributed by atoms with Gasteiger partial charge in [0.05, 0.1) is 11.1 Å². The quantitative estimate of drug-likeness (QED) is 0.339. The van der Waals surface area contributed by atoms with Crippen molar-refractivity contribution in [3.05, 3.63) is 52.2 Å². The van der Waals surface area contributed by atoms with Gasteiger partial charge >= 0.3 is 18.0 Å². The Kier molecular flexibility index (Phi) is 7.26.